The summed E-state index contributed by atoms with van der Waals surface area (Å²) < 4.78 is 1.96. The van der Waals surface area contributed by atoms with Crippen LogP contribution >= 0.6 is 15.9 Å². The number of rotatable bonds is 2. The maximum atomic E-state index is 4.49. The molecule has 0 N–H and O–H groups in total. The molecule has 2 rings (SSSR count). The Balaban J connectivity index is 2.70. The predicted octanol–water partition coefficient (Wildman–Crippen LogP) is 3.03. The molecular weight excluding hydrogens is 240 g/mol. The summed E-state index contributed by atoms with van der Waals surface area (Å²) in [6.07, 6.45) is 0.991. The van der Waals surface area contributed by atoms with Crippen molar-refractivity contribution >= 4 is 26.8 Å². The molecule has 2 aromatic rings. The van der Waals surface area contributed by atoms with Crippen molar-refractivity contribution in [2.75, 3.05) is 0 Å². The monoisotopic (exact) mass is 252 g/mol. The summed E-state index contributed by atoms with van der Waals surface area (Å²) in [5.74, 6) is 0. The van der Waals surface area contributed by atoms with Crippen LogP contribution in [-0.2, 0) is 18.8 Å². The van der Waals surface area contributed by atoms with Gasteiger partial charge in [-0.2, -0.15) is 5.10 Å². The molecule has 0 aliphatic rings. The fraction of sp³-hybridized carbons (Fsp3) is 0.364. The van der Waals surface area contributed by atoms with Crippen molar-refractivity contribution in [1.82, 2.24) is 9.78 Å². The third kappa shape index (κ3) is 1.46. The summed E-state index contributed by atoms with van der Waals surface area (Å²) in [5.41, 5.74) is 3.70. The number of fused-ring (bicyclic) bond motifs is 1. The van der Waals surface area contributed by atoms with E-state index in [-0.39, 0.29) is 0 Å². The molecule has 1 aromatic carbocycles. The van der Waals surface area contributed by atoms with Crippen LogP contribution in [0.25, 0.3) is 10.9 Å². The number of alkyl halides is 1. The highest BCUT2D eigenvalue weighted by Gasteiger charge is 2.06. The van der Waals surface area contributed by atoms with E-state index in [4.69, 9.17) is 0 Å². The van der Waals surface area contributed by atoms with Crippen molar-refractivity contribution < 1.29 is 0 Å². The summed E-state index contributed by atoms with van der Waals surface area (Å²) in [6.45, 7) is 2.14. The molecule has 0 aliphatic heterocycles. The lowest BCUT2D eigenvalue weighted by Gasteiger charge is -1.97. The fourth-order valence-electron chi connectivity index (χ4n) is 1.72. The molecule has 1 heterocycles. The second-order valence-corrected chi connectivity index (χ2v) is 3.97. The van der Waals surface area contributed by atoms with Crippen molar-refractivity contribution in [2.24, 2.45) is 7.05 Å². The van der Waals surface area contributed by atoms with Crippen molar-refractivity contribution in [3.8, 4) is 0 Å². The van der Waals surface area contributed by atoms with Gasteiger partial charge in [-0.25, -0.2) is 0 Å². The molecule has 0 radical (unpaired) electrons. The number of benzene rings is 1. The Morgan fingerprint density at radius 3 is 2.86 bits per heavy atom. The lowest BCUT2D eigenvalue weighted by atomic mass is 10.1. The minimum atomic E-state index is 0.898. The Hall–Kier alpha value is -0.830. The third-order valence-electron chi connectivity index (χ3n) is 2.48. The van der Waals surface area contributed by atoms with Gasteiger partial charge in [0.15, 0.2) is 0 Å². The lowest BCUT2D eigenvalue weighted by molar-refractivity contribution is 0.770. The second-order valence-electron chi connectivity index (χ2n) is 3.41. The quantitative estimate of drug-likeness (QED) is 0.752. The number of hydrogen-bond acceptors (Lipinski definition) is 1. The average Bonchev–Trinajstić information content (AvgIpc) is 2.55. The van der Waals surface area contributed by atoms with Crippen LogP contribution in [0.2, 0.25) is 0 Å². The third-order valence-corrected chi connectivity index (χ3v) is 3.13. The molecule has 0 aliphatic carbocycles. The Labute approximate surface area is 92.0 Å². The molecule has 0 unspecified atom stereocenters. The van der Waals surface area contributed by atoms with Gasteiger partial charge in [0.1, 0.15) is 0 Å². The lowest BCUT2D eigenvalue weighted by Crippen LogP contribution is -1.90. The first-order chi connectivity index (χ1) is 6.76. The summed E-state index contributed by atoms with van der Waals surface area (Å²) in [7, 11) is 2.00. The number of aryl methyl sites for hydroxylation is 2. The predicted molar refractivity (Wildman–Crippen MR) is 62.7 cm³/mol. The highest BCUT2D eigenvalue weighted by atomic mass is 79.9. The molecule has 14 heavy (non-hydrogen) atoms. The van der Waals surface area contributed by atoms with E-state index in [1.807, 2.05) is 11.7 Å². The van der Waals surface area contributed by atoms with Crippen LogP contribution in [-0.4, -0.2) is 9.78 Å². The first-order valence-corrected chi connectivity index (χ1v) is 5.89. The van der Waals surface area contributed by atoms with Crippen LogP contribution < -0.4 is 0 Å². The molecule has 0 atom stereocenters. The number of hydrogen-bond donors (Lipinski definition) is 0. The van der Waals surface area contributed by atoms with Crippen LogP contribution in [0.1, 0.15) is 18.2 Å². The Bertz CT molecular complexity index is 460. The van der Waals surface area contributed by atoms with Crippen LogP contribution in [0.15, 0.2) is 18.2 Å². The van der Waals surface area contributed by atoms with Gasteiger partial charge in [-0.05, 0) is 18.1 Å². The summed E-state index contributed by atoms with van der Waals surface area (Å²) in [6, 6.07) is 6.51. The highest BCUT2D eigenvalue weighted by molar-refractivity contribution is 9.08. The van der Waals surface area contributed by atoms with Crippen LogP contribution in [0, 0.1) is 0 Å². The largest absolute Gasteiger partial charge is 0.268 e. The summed E-state index contributed by atoms with van der Waals surface area (Å²) >= 11 is 3.46. The zero-order valence-corrected chi connectivity index (χ0v) is 10.0. The number of halogens is 1. The van der Waals surface area contributed by atoms with Gasteiger partial charge in [-0.3, -0.25) is 4.68 Å². The van der Waals surface area contributed by atoms with Gasteiger partial charge in [0.05, 0.1) is 11.2 Å². The van der Waals surface area contributed by atoms with E-state index in [1.54, 1.807) is 0 Å². The number of aromatic nitrogens is 2. The Morgan fingerprint density at radius 2 is 2.21 bits per heavy atom. The molecule has 0 saturated heterocycles. The Kier molecular flexibility index (Phi) is 2.59. The molecular formula is C11H13BrN2. The highest BCUT2D eigenvalue weighted by Crippen LogP contribution is 2.20. The zero-order chi connectivity index (χ0) is 10.1. The van der Waals surface area contributed by atoms with Crippen molar-refractivity contribution in [3.63, 3.8) is 0 Å². The SMILES string of the molecule is CCc1nn(C)c2cc(CBr)ccc12. The maximum Gasteiger partial charge on any atom is 0.0700 e. The van der Waals surface area contributed by atoms with E-state index in [2.05, 4.69) is 46.2 Å². The van der Waals surface area contributed by atoms with Gasteiger partial charge >= 0.3 is 0 Å². The van der Waals surface area contributed by atoms with E-state index in [0.717, 1.165) is 11.8 Å². The molecule has 0 bridgehead atoms. The van der Waals surface area contributed by atoms with E-state index >= 15 is 0 Å². The molecule has 0 amide bonds. The molecule has 0 fully saturated rings. The molecule has 1 aromatic heterocycles. The van der Waals surface area contributed by atoms with Crippen molar-refractivity contribution in [1.29, 1.82) is 0 Å². The first kappa shape index (κ1) is 9.71. The van der Waals surface area contributed by atoms with Crippen molar-refractivity contribution in [3.05, 3.63) is 29.5 Å². The minimum Gasteiger partial charge on any atom is -0.268 e. The van der Waals surface area contributed by atoms with Gasteiger partial charge in [-0.15, -0.1) is 0 Å². The number of nitrogens with zero attached hydrogens (tertiary/aromatic N) is 2. The van der Waals surface area contributed by atoms with E-state index in [1.165, 1.54) is 22.2 Å². The minimum absolute atomic E-state index is 0.898. The van der Waals surface area contributed by atoms with E-state index in [0.29, 0.717) is 0 Å². The van der Waals surface area contributed by atoms with Crippen LogP contribution in [0.3, 0.4) is 0 Å². The Morgan fingerprint density at radius 1 is 1.43 bits per heavy atom. The zero-order valence-electron chi connectivity index (χ0n) is 8.42. The smallest absolute Gasteiger partial charge is 0.0700 e. The first-order valence-electron chi connectivity index (χ1n) is 4.76. The van der Waals surface area contributed by atoms with Gasteiger partial charge in [-0.1, -0.05) is 35.0 Å². The summed E-state index contributed by atoms with van der Waals surface area (Å²) in [4.78, 5) is 0. The average molecular weight is 253 g/mol. The molecule has 74 valence electrons. The van der Waals surface area contributed by atoms with E-state index < -0.39 is 0 Å². The molecule has 0 saturated carbocycles. The van der Waals surface area contributed by atoms with Crippen LogP contribution in [0.5, 0.6) is 0 Å². The van der Waals surface area contributed by atoms with E-state index in [9.17, 15) is 0 Å². The summed E-state index contributed by atoms with van der Waals surface area (Å²) in [5, 5.41) is 6.66. The van der Waals surface area contributed by atoms with Gasteiger partial charge in [0.2, 0.25) is 0 Å². The van der Waals surface area contributed by atoms with Gasteiger partial charge in [0.25, 0.3) is 0 Å². The second kappa shape index (κ2) is 3.73. The molecule has 0 spiro atoms. The normalized spacial score (nSPS) is 11.1. The fourth-order valence-corrected chi connectivity index (χ4v) is 2.07. The van der Waals surface area contributed by atoms with Gasteiger partial charge in [0, 0.05) is 17.8 Å². The maximum absolute atomic E-state index is 4.49. The van der Waals surface area contributed by atoms with Crippen molar-refractivity contribution in [2.45, 2.75) is 18.7 Å². The van der Waals surface area contributed by atoms with Crippen LogP contribution in [0.4, 0.5) is 0 Å². The molecule has 3 heteroatoms. The van der Waals surface area contributed by atoms with Gasteiger partial charge < -0.3 is 0 Å². The topological polar surface area (TPSA) is 17.8 Å². The standard InChI is InChI=1S/C11H13BrN2/c1-3-10-9-5-4-8(7-12)6-11(9)14(2)13-10/h4-6H,3,7H2,1-2H3. The molecule has 2 nitrogen and oxygen atoms in total.